The molecule has 0 amide bonds. The largest absolute Gasteiger partial charge is 0.496 e. The van der Waals surface area contributed by atoms with Crippen LogP contribution in [-0.2, 0) is 0 Å². The van der Waals surface area contributed by atoms with Crippen LogP contribution in [0.25, 0.3) is 11.1 Å². The molecule has 0 spiro atoms. The van der Waals surface area contributed by atoms with Crippen molar-refractivity contribution in [3.8, 4) is 23.1 Å². The van der Waals surface area contributed by atoms with Gasteiger partial charge in [-0.15, -0.1) is 0 Å². The molecule has 0 aliphatic heterocycles. The van der Waals surface area contributed by atoms with Crippen molar-refractivity contribution < 1.29 is 4.74 Å². The van der Waals surface area contributed by atoms with E-state index in [2.05, 4.69) is 31.2 Å². The highest BCUT2D eigenvalue weighted by molar-refractivity contribution is 9.10. The summed E-state index contributed by atoms with van der Waals surface area (Å²) in [6.45, 7) is 0. The van der Waals surface area contributed by atoms with Crippen LogP contribution < -0.4 is 10.1 Å². The molecule has 2 rings (SSSR count). The third-order valence-corrected chi connectivity index (χ3v) is 2.79. The van der Waals surface area contributed by atoms with E-state index in [1.807, 2.05) is 18.2 Å². The highest BCUT2D eigenvalue weighted by Crippen LogP contribution is 2.31. The van der Waals surface area contributed by atoms with Crippen molar-refractivity contribution in [1.29, 1.82) is 5.26 Å². The number of nitriles is 1. The summed E-state index contributed by atoms with van der Waals surface area (Å²) in [4.78, 5) is 8.07. The molecule has 0 saturated carbocycles. The van der Waals surface area contributed by atoms with E-state index in [9.17, 15) is 0 Å². The summed E-state index contributed by atoms with van der Waals surface area (Å²) >= 11 is 3.41. The number of benzene rings is 1. The molecule has 0 unspecified atom stereocenters. The Labute approximate surface area is 113 Å². The monoisotopic (exact) mass is 304 g/mol. The smallest absolute Gasteiger partial charge is 0.236 e. The Morgan fingerprint density at radius 3 is 2.67 bits per heavy atom. The number of halogens is 1. The Bertz CT molecular complexity index is 592. The van der Waals surface area contributed by atoms with Gasteiger partial charge in [0.05, 0.1) is 7.11 Å². The van der Waals surface area contributed by atoms with Gasteiger partial charge in [0, 0.05) is 28.0 Å². The molecule has 0 aliphatic carbocycles. The van der Waals surface area contributed by atoms with E-state index >= 15 is 0 Å². The molecule has 1 aromatic carbocycles. The molecule has 1 N–H and O–H groups in total. The molecule has 1 aromatic heterocycles. The van der Waals surface area contributed by atoms with Crippen molar-refractivity contribution in [3.05, 3.63) is 35.1 Å². The van der Waals surface area contributed by atoms with Crippen molar-refractivity contribution in [2.24, 2.45) is 0 Å². The summed E-state index contributed by atoms with van der Waals surface area (Å²) in [7, 11) is 1.61. The maximum atomic E-state index is 8.46. The van der Waals surface area contributed by atoms with Crippen molar-refractivity contribution in [3.63, 3.8) is 0 Å². The van der Waals surface area contributed by atoms with Crippen molar-refractivity contribution in [2.75, 3.05) is 12.4 Å². The van der Waals surface area contributed by atoms with E-state index in [0.29, 0.717) is 0 Å². The number of nitrogens with one attached hydrogen (secondary N) is 1. The molecule has 0 saturated heterocycles. The summed E-state index contributed by atoms with van der Waals surface area (Å²) in [5, 5.41) is 10.8. The lowest BCUT2D eigenvalue weighted by Gasteiger charge is -2.08. The van der Waals surface area contributed by atoms with Gasteiger partial charge in [-0.05, 0) is 18.2 Å². The number of aromatic nitrogens is 2. The van der Waals surface area contributed by atoms with E-state index in [0.717, 1.165) is 21.3 Å². The Balaban J connectivity index is 2.42. The molecule has 1 heterocycles. The first-order chi connectivity index (χ1) is 8.74. The van der Waals surface area contributed by atoms with Crippen LogP contribution in [0.2, 0.25) is 0 Å². The zero-order valence-electron chi connectivity index (χ0n) is 9.51. The normalized spacial score (nSPS) is 9.61. The first-order valence-corrected chi connectivity index (χ1v) is 5.85. The molecule has 0 atom stereocenters. The van der Waals surface area contributed by atoms with Gasteiger partial charge in [-0.1, -0.05) is 15.9 Å². The zero-order chi connectivity index (χ0) is 13.0. The first-order valence-electron chi connectivity index (χ1n) is 5.05. The van der Waals surface area contributed by atoms with Crippen LogP contribution in [0.1, 0.15) is 0 Å². The van der Waals surface area contributed by atoms with E-state index < -0.39 is 0 Å². The minimum Gasteiger partial charge on any atom is -0.496 e. The molecular weight excluding hydrogens is 296 g/mol. The minimum absolute atomic E-state index is 0.273. The van der Waals surface area contributed by atoms with Gasteiger partial charge in [-0.25, -0.2) is 9.97 Å². The van der Waals surface area contributed by atoms with Crippen LogP contribution in [0.3, 0.4) is 0 Å². The topological polar surface area (TPSA) is 70.8 Å². The van der Waals surface area contributed by atoms with Gasteiger partial charge in [0.25, 0.3) is 0 Å². The van der Waals surface area contributed by atoms with E-state index in [4.69, 9.17) is 10.00 Å². The number of rotatable bonds is 3. The summed E-state index contributed by atoms with van der Waals surface area (Å²) in [6.07, 6.45) is 5.04. The number of methoxy groups -OCH3 is 1. The zero-order valence-corrected chi connectivity index (χ0v) is 11.1. The second kappa shape index (κ2) is 5.47. The molecule has 0 bridgehead atoms. The number of ether oxygens (including phenoxy) is 1. The van der Waals surface area contributed by atoms with Crippen LogP contribution in [0.4, 0.5) is 5.95 Å². The lowest BCUT2D eigenvalue weighted by atomic mass is 10.1. The van der Waals surface area contributed by atoms with Gasteiger partial charge in [0.1, 0.15) is 5.75 Å². The van der Waals surface area contributed by atoms with Gasteiger partial charge in [-0.3, -0.25) is 5.32 Å². The summed E-state index contributed by atoms with van der Waals surface area (Å²) < 4.78 is 6.23. The van der Waals surface area contributed by atoms with Gasteiger partial charge in [0.15, 0.2) is 6.19 Å². The summed E-state index contributed by atoms with van der Waals surface area (Å²) in [5.74, 6) is 1.01. The SMILES string of the molecule is COc1ccc(Br)cc1-c1cnc(NC#N)nc1. The molecule has 6 heteroatoms. The van der Waals surface area contributed by atoms with Crippen LogP contribution in [0, 0.1) is 11.5 Å². The van der Waals surface area contributed by atoms with Crippen molar-refractivity contribution in [1.82, 2.24) is 9.97 Å². The molecule has 0 aliphatic rings. The highest BCUT2D eigenvalue weighted by atomic mass is 79.9. The fourth-order valence-electron chi connectivity index (χ4n) is 1.49. The number of hydrogen-bond acceptors (Lipinski definition) is 5. The average Bonchev–Trinajstić information content (AvgIpc) is 2.40. The quantitative estimate of drug-likeness (QED) is 0.697. The van der Waals surface area contributed by atoms with Gasteiger partial charge in [-0.2, -0.15) is 5.26 Å². The Hall–Kier alpha value is -2.13. The van der Waals surface area contributed by atoms with Gasteiger partial charge in [0.2, 0.25) is 5.95 Å². The maximum absolute atomic E-state index is 8.46. The highest BCUT2D eigenvalue weighted by Gasteiger charge is 2.07. The molecule has 18 heavy (non-hydrogen) atoms. The van der Waals surface area contributed by atoms with E-state index in [1.165, 1.54) is 0 Å². The fraction of sp³-hybridized carbons (Fsp3) is 0.0833. The van der Waals surface area contributed by atoms with Crippen LogP contribution in [-0.4, -0.2) is 17.1 Å². The van der Waals surface area contributed by atoms with Crippen LogP contribution in [0.15, 0.2) is 35.1 Å². The van der Waals surface area contributed by atoms with Crippen LogP contribution in [0.5, 0.6) is 5.75 Å². The number of hydrogen-bond donors (Lipinski definition) is 1. The number of anilines is 1. The fourth-order valence-corrected chi connectivity index (χ4v) is 1.85. The predicted octanol–water partition coefficient (Wildman–Crippen LogP) is 2.81. The Morgan fingerprint density at radius 1 is 1.33 bits per heavy atom. The summed E-state index contributed by atoms with van der Waals surface area (Å²) in [6, 6.07) is 5.69. The second-order valence-electron chi connectivity index (χ2n) is 3.38. The Morgan fingerprint density at radius 2 is 2.06 bits per heavy atom. The maximum Gasteiger partial charge on any atom is 0.236 e. The number of nitrogens with zero attached hydrogens (tertiary/aromatic N) is 3. The van der Waals surface area contributed by atoms with Crippen molar-refractivity contribution in [2.45, 2.75) is 0 Å². The molecular formula is C12H9BrN4O. The molecule has 0 fully saturated rings. The van der Waals surface area contributed by atoms with Gasteiger partial charge >= 0.3 is 0 Å². The molecule has 5 nitrogen and oxygen atoms in total. The first kappa shape index (κ1) is 12.3. The third kappa shape index (κ3) is 2.57. The van der Waals surface area contributed by atoms with E-state index in [1.54, 1.807) is 25.7 Å². The predicted molar refractivity (Wildman–Crippen MR) is 71.0 cm³/mol. The Kier molecular flexibility index (Phi) is 3.75. The molecule has 2 aromatic rings. The lowest BCUT2D eigenvalue weighted by Crippen LogP contribution is -1.96. The molecule has 90 valence electrons. The van der Waals surface area contributed by atoms with E-state index in [-0.39, 0.29) is 5.95 Å². The molecule has 0 radical (unpaired) electrons. The average molecular weight is 305 g/mol. The minimum atomic E-state index is 0.273. The van der Waals surface area contributed by atoms with Crippen molar-refractivity contribution >= 4 is 21.9 Å². The standard InChI is InChI=1S/C12H9BrN4O/c1-18-11-3-2-9(13)4-10(11)8-5-15-12(16-6-8)17-7-14/h2-6H,1H3,(H,15,16,17). The summed E-state index contributed by atoms with van der Waals surface area (Å²) in [5.41, 5.74) is 1.70. The third-order valence-electron chi connectivity index (χ3n) is 2.29. The van der Waals surface area contributed by atoms with Gasteiger partial charge < -0.3 is 4.74 Å². The van der Waals surface area contributed by atoms with Crippen LogP contribution >= 0.6 is 15.9 Å². The lowest BCUT2D eigenvalue weighted by molar-refractivity contribution is 0.416. The second-order valence-corrected chi connectivity index (χ2v) is 4.29.